The molecule has 0 aliphatic rings. The minimum atomic E-state index is -1.14. The van der Waals surface area contributed by atoms with Gasteiger partial charge in [0.1, 0.15) is 19.8 Å². The first-order valence-electron chi connectivity index (χ1n) is 6.09. The molecule has 0 radical (unpaired) electrons. The number of hydrogen-bond donors (Lipinski definition) is 1. The van der Waals surface area contributed by atoms with Gasteiger partial charge in [-0.25, -0.2) is 4.79 Å². The number of hydrogen-bond acceptors (Lipinski definition) is 5. The molecule has 0 unspecified atom stereocenters. The molecule has 0 heterocycles. The van der Waals surface area contributed by atoms with Crippen molar-refractivity contribution in [2.75, 3.05) is 32.9 Å². The summed E-state index contributed by atoms with van der Waals surface area (Å²) >= 11 is 0. The molecule has 7 heteroatoms. The van der Waals surface area contributed by atoms with Crippen molar-refractivity contribution in [3.63, 3.8) is 0 Å². The summed E-state index contributed by atoms with van der Waals surface area (Å²) in [7, 11) is 0. The summed E-state index contributed by atoms with van der Waals surface area (Å²) in [6.07, 6.45) is 0. The number of ether oxygens (including phenoxy) is 2. The highest BCUT2D eigenvalue weighted by atomic mass is 16.5. The van der Waals surface area contributed by atoms with Crippen molar-refractivity contribution < 1.29 is 29.0 Å². The molecule has 0 aromatic carbocycles. The molecule has 19 heavy (non-hydrogen) atoms. The third-order valence-electron chi connectivity index (χ3n) is 2.01. The SMILES string of the molecule is CCOC(=O)CN(CC(C)C)C(=O)COCC(=O)O. The Morgan fingerprint density at radius 1 is 1.21 bits per heavy atom. The zero-order chi connectivity index (χ0) is 14.8. The highest BCUT2D eigenvalue weighted by molar-refractivity contribution is 5.83. The quantitative estimate of drug-likeness (QED) is 0.601. The van der Waals surface area contributed by atoms with Crippen molar-refractivity contribution in [2.24, 2.45) is 5.92 Å². The molecule has 110 valence electrons. The van der Waals surface area contributed by atoms with Gasteiger partial charge < -0.3 is 19.5 Å². The summed E-state index contributed by atoms with van der Waals surface area (Å²) in [5.74, 6) is -1.89. The molecule has 1 amide bonds. The van der Waals surface area contributed by atoms with Gasteiger partial charge in [-0.3, -0.25) is 9.59 Å². The highest BCUT2D eigenvalue weighted by Gasteiger charge is 2.19. The van der Waals surface area contributed by atoms with Crippen molar-refractivity contribution in [2.45, 2.75) is 20.8 Å². The van der Waals surface area contributed by atoms with Gasteiger partial charge in [0.05, 0.1) is 6.61 Å². The van der Waals surface area contributed by atoms with Crippen LogP contribution >= 0.6 is 0 Å². The van der Waals surface area contributed by atoms with E-state index in [0.717, 1.165) is 0 Å². The van der Waals surface area contributed by atoms with Gasteiger partial charge in [-0.05, 0) is 12.8 Å². The van der Waals surface area contributed by atoms with E-state index in [1.54, 1.807) is 6.92 Å². The number of aliphatic carboxylic acids is 1. The molecule has 0 saturated carbocycles. The molecule has 0 aliphatic carbocycles. The van der Waals surface area contributed by atoms with Crippen LogP contribution in [0.2, 0.25) is 0 Å². The van der Waals surface area contributed by atoms with Crippen molar-refractivity contribution in [1.82, 2.24) is 4.90 Å². The van der Waals surface area contributed by atoms with E-state index in [1.807, 2.05) is 13.8 Å². The number of carboxylic acids is 1. The Bertz CT molecular complexity index is 315. The van der Waals surface area contributed by atoms with Crippen LogP contribution in [0.25, 0.3) is 0 Å². The van der Waals surface area contributed by atoms with Gasteiger partial charge in [-0.2, -0.15) is 0 Å². The molecule has 0 rings (SSSR count). The number of carboxylic acid groups (broad SMARTS) is 1. The topological polar surface area (TPSA) is 93.1 Å². The Hall–Kier alpha value is -1.63. The maximum absolute atomic E-state index is 11.8. The normalized spacial score (nSPS) is 10.3. The van der Waals surface area contributed by atoms with E-state index < -0.39 is 24.5 Å². The van der Waals surface area contributed by atoms with E-state index >= 15 is 0 Å². The maximum atomic E-state index is 11.8. The van der Waals surface area contributed by atoms with Gasteiger partial charge >= 0.3 is 11.9 Å². The van der Waals surface area contributed by atoms with Gasteiger partial charge in [0, 0.05) is 6.54 Å². The Morgan fingerprint density at radius 3 is 2.32 bits per heavy atom. The number of carbonyl (C=O) groups excluding carboxylic acids is 2. The lowest BCUT2D eigenvalue weighted by atomic mass is 10.2. The lowest BCUT2D eigenvalue weighted by molar-refractivity contribution is -0.152. The zero-order valence-electron chi connectivity index (χ0n) is 11.5. The standard InChI is InChI=1S/C12H21NO6/c1-4-19-12(17)6-13(5-9(2)3)10(14)7-18-8-11(15)16/h9H,4-8H2,1-3H3,(H,15,16). The van der Waals surface area contributed by atoms with E-state index in [4.69, 9.17) is 14.6 Å². The van der Waals surface area contributed by atoms with Crippen molar-refractivity contribution >= 4 is 17.8 Å². The second-order valence-corrected chi connectivity index (χ2v) is 4.36. The molecule has 0 aromatic heterocycles. The smallest absolute Gasteiger partial charge is 0.329 e. The summed E-state index contributed by atoms with van der Waals surface area (Å²) in [6, 6.07) is 0. The Morgan fingerprint density at radius 2 is 1.84 bits per heavy atom. The molecule has 0 spiro atoms. The molecule has 7 nitrogen and oxygen atoms in total. The van der Waals surface area contributed by atoms with Crippen LogP contribution in [-0.2, 0) is 23.9 Å². The first kappa shape index (κ1) is 17.4. The van der Waals surface area contributed by atoms with Crippen LogP contribution in [0.5, 0.6) is 0 Å². The van der Waals surface area contributed by atoms with Crippen molar-refractivity contribution in [1.29, 1.82) is 0 Å². The Labute approximate surface area is 112 Å². The summed E-state index contributed by atoms with van der Waals surface area (Å²) < 4.78 is 9.50. The van der Waals surface area contributed by atoms with Crippen LogP contribution < -0.4 is 0 Å². The molecule has 0 aromatic rings. The Kier molecular flexibility index (Phi) is 8.52. The van der Waals surface area contributed by atoms with Crippen LogP contribution in [0.3, 0.4) is 0 Å². The predicted octanol–water partition coefficient (Wildman–Crippen LogP) is 0.135. The second kappa shape index (κ2) is 9.32. The summed E-state index contributed by atoms with van der Waals surface area (Å²) in [5, 5.41) is 8.40. The second-order valence-electron chi connectivity index (χ2n) is 4.36. The molecule has 0 atom stereocenters. The molecule has 0 bridgehead atoms. The number of esters is 1. The monoisotopic (exact) mass is 275 g/mol. The third kappa shape index (κ3) is 9.01. The number of rotatable bonds is 9. The van der Waals surface area contributed by atoms with Gasteiger partial charge in [0.25, 0.3) is 0 Å². The van der Waals surface area contributed by atoms with Crippen LogP contribution in [-0.4, -0.2) is 60.8 Å². The van der Waals surface area contributed by atoms with Crippen molar-refractivity contribution in [3.05, 3.63) is 0 Å². The average Bonchev–Trinajstić information content (AvgIpc) is 2.27. The molecule has 0 aliphatic heterocycles. The van der Waals surface area contributed by atoms with E-state index in [0.29, 0.717) is 6.54 Å². The molecular weight excluding hydrogens is 254 g/mol. The van der Waals surface area contributed by atoms with Crippen LogP contribution in [0.4, 0.5) is 0 Å². The first-order chi connectivity index (χ1) is 8.86. The minimum absolute atomic E-state index is 0.152. The lowest BCUT2D eigenvalue weighted by Gasteiger charge is -2.23. The third-order valence-corrected chi connectivity index (χ3v) is 2.01. The molecule has 0 saturated heterocycles. The van der Waals surface area contributed by atoms with E-state index in [1.165, 1.54) is 4.90 Å². The maximum Gasteiger partial charge on any atom is 0.329 e. The summed E-state index contributed by atoms with van der Waals surface area (Å²) in [5.41, 5.74) is 0. The van der Waals surface area contributed by atoms with Gasteiger partial charge in [0.2, 0.25) is 5.91 Å². The van der Waals surface area contributed by atoms with Crippen LogP contribution in [0.15, 0.2) is 0 Å². The largest absolute Gasteiger partial charge is 0.480 e. The van der Waals surface area contributed by atoms with Crippen LogP contribution in [0, 0.1) is 5.92 Å². The Balaban J connectivity index is 4.34. The van der Waals surface area contributed by atoms with Gasteiger partial charge in [0.15, 0.2) is 0 Å². The molecular formula is C12H21NO6. The fraction of sp³-hybridized carbons (Fsp3) is 0.750. The van der Waals surface area contributed by atoms with E-state index in [9.17, 15) is 14.4 Å². The summed E-state index contributed by atoms with van der Waals surface area (Å²) in [6.45, 7) is 5.07. The average molecular weight is 275 g/mol. The molecule has 0 fully saturated rings. The highest BCUT2D eigenvalue weighted by Crippen LogP contribution is 2.01. The summed E-state index contributed by atoms with van der Waals surface area (Å²) in [4.78, 5) is 34.7. The van der Waals surface area contributed by atoms with Crippen molar-refractivity contribution in [3.8, 4) is 0 Å². The number of nitrogens with zero attached hydrogens (tertiary/aromatic N) is 1. The predicted molar refractivity (Wildman–Crippen MR) is 66.5 cm³/mol. The minimum Gasteiger partial charge on any atom is -0.480 e. The zero-order valence-corrected chi connectivity index (χ0v) is 11.5. The fourth-order valence-corrected chi connectivity index (χ4v) is 1.37. The fourth-order valence-electron chi connectivity index (χ4n) is 1.37. The van der Waals surface area contributed by atoms with Gasteiger partial charge in [-0.1, -0.05) is 13.8 Å². The van der Waals surface area contributed by atoms with E-state index in [2.05, 4.69) is 0 Å². The van der Waals surface area contributed by atoms with Crippen LogP contribution in [0.1, 0.15) is 20.8 Å². The molecule has 1 N–H and O–H groups in total. The van der Waals surface area contributed by atoms with E-state index in [-0.39, 0.29) is 25.7 Å². The number of carbonyl (C=O) groups is 3. The lowest BCUT2D eigenvalue weighted by Crippen LogP contribution is -2.41. The first-order valence-corrected chi connectivity index (χ1v) is 6.09. The van der Waals surface area contributed by atoms with Gasteiger partial charge in [-0.15, -0.1) is 0 Å². The number of amides is 1.